The number of rotatable bonds is 2. The van der Waals surface area contributed by atoms with Crippen LogP contribution in [0.2, 0.25) is 0 Å². The zero-order valence-corrected chi connectivity index (χ0v) is 7.75. The fraction of sp³-hybridized carbons (Fsp3) is 0.667. The molecule has 2 aliphatic rings. The summed E-state index contributed by atoms with van der Waals surface area (Å²) in [6.07, 6.45) is 2.00. The van der Waals surface area contributed by atoms with E-state index in [9.17, 15) is 4.79 Å². The molecule has 2 rings (SSSR count). The number of likely N-dealkylation sites (N-methyl/N-ethyl adjacent to an activating group) is 1. The standard InChI is InChI=1S/C9H14N2O2/c1-10-9(12)7-2-3-11(4-7)8-5-13-6-8/h2,8H,3-6H2,1H3,(H,10,12). The van der Waals surface area contributed by atoms with Crippen LogP contribution in [0.4, 0.5) is 0 Å². The predicted molar refractivity (Wildman–Crippen MR) is 48.3 cm³/mol. The van der Waals surface area contributed by atoms with Gasteiger partial charge >= 0.3 is 0 Å². The zero-order valence-electron chi connectivity index (χ0n) is 7.75. The van der Waals surface area contributed by atoms with E-state index in [1.807, 2.05) is 6.08 Å². The highest BCUT2D eigenvalue weighted by molar-refractivity contribution is 5.94. The van der Waals surface area contributed by atoms with Gasteiger partial charge in [0.15, 0.2) is 0 Å². The van der Waals surface area contributed by atoms with Crippen LogP contribution in [0.3, 0.4) is 0 Å². The molecule has 0 aromatic carbocycles. The van der Waals surface area contributed by atoms with Crippen molar-refractivity contribution in [2.75, 3.05) is 33.4 Å². The minimum absolute atomic E-state index is 0.0442. The lowest BCUT2D eigenvalue weighted by atomic mass is 10.2. The van der Waals surface area contributed by atoms with Gasteiger partial charge in [0.25, 0.3) is 0 Å². The summed E-state index contributed by atoms with van der Waals surface area (Å²) in [6, 6.07) is 0.526. The summed E-state index contributed by atoms with van der Waals surface area (Å²) >= 11 is 0. The maximum Gasteiger partial charge on any atom is 0.247 e. The molecular formula is C9H14N2O2. The summed E-state index contributed by atoms with van der Waals surface area (Å²) in [6.45, 7) is 3.29. The van der Waals surface area contributed by atoms with Crippen LogP contribution in [0.15, 0.2) is 11.6 Å². The summed E-state index contributed by atoms with van der Waals surface area (Å²) in [5.74, 6) is 0.0442. The van der Waals surface area contributed by atoms with Crippen molar-refractivity contribution in [1.82, 2.24) is 10.2 Å². The first kappa shape index (κ1) is 8.72. The number of amides is 1. The van der Waals surface area contributed by atoms with Crippen molar-refractivity contribution >= 4 is 5.91 Å². The number of hydrogen-bond donors (Lipinski definition) is 1. The molecule has 0 aliphatic carbocycles. The first-order valence-electron chi connectivity index (χ1n) is 4.54. The minimum atomic E-state index is 0.0442. The van der Waals surface area contributed by atoms with Crippen molar-refractivity contribution in [3.8, 4) is 0 Å². The largest absolute Gasteiger partial charge is 0.378 e. The van der Waals surface area contributed by atoms with Crippen molar-refractivity contribution in [3.63, 3.8) is 0 Å². The van der Waals surface area contributed by atoms with E-state index in [1.165, 1.54) is 0 Å². The molecule has 0 unspecified atom stereocenters. The van der Waals surface area contributed by atoms with Gasteiger partial charge in [0.05, 0.1) is 19.3 Å². The number of carbonyl (C=O) groups is 1. The van der Waals surface area contributed by atoms with Crippen LogP contribution >= 0.6 is 0 Å². The fourth-order valence-corrected chi connectivity index (χ4v) is 1.61. The van der Waals surface area contributed by atoms with E-state index < -0.39 is 0 Å². The Labute approximate surface area is 77.5 Å². The van der Waals surface area contributed by atoms with Gasteiger partial charge in [0, 0.05) is 25.7 Å². The van der Waals surface area contributed by atoms with Gasteiger partial charge in [-0.3, -0.25) is 9.69 Å². The Hall–Kier alpha value is -0.870. The van der Waals surface area contributed by atoms with Gasteiger partial charge < -0.3 is 10.1 Å². The number of nitrogens with zero attached hydrogens (tertiary/aromatic N) is 1. The van der Waals surface area contributed by atoms with Crippen molar-refractivity contribution < 1.29 is 9.53 Å². The van der Waals surface area contributed by atoms with E-state index in [1.54, 1.807) is 7.05 Å². The normalized spacial score (nSPS) is 23.9. The van der Waals surface area contributed by atoms with E-state index in [-0.39, 0.29) is 5.91 Å². The van der Waals surface area contributed by atoms with Gasteiger partial charge in [0.1, 0.15) is 0 Å². The third kappa shape index (κ3) is 1.59. The highest BCUT2D eigenvalue weighted by atomic mass is 16.5. The van der Waals surface area contributed by atoms with Crippen LogP contribution in [-0.2, 0) is 9.53 Å². The second-order valence-corrected chi connectivity index (χ2v) is 3.43. The minimum Gasteiger partial charge on any atom is -0.378 e. The van der Waals surface area contributed by atoms with Crippen LogP contribution in [0.25, 0.3) is 0 Å². The molecule has 1 fully saturated rings. The molecule has 0 bridgehead atoms. The van der Waals surface area contributed by atoms with Crippen LogP contribution in [0, 0.1) is 0 Å². The first-order chi connectivity index (χ1) is 6.31. The SMILES string of the molecule is CNC(=O)C1=CCN(C2COC2)C1. The third-order valence-corrected chi connectivity index (χ3v) is 2.60. The van der Waals surface area contributed by atoms with Crippen molar-refractivity contribution in [3.05, 3.63) is 11.6 Å². The van der Waals surface area contributed by atoms with Gasteiger partial charge in [-0.1, -0.05) is 6.08 Å². The Kier molecular flexibility index (Phi) is 2.33. The summed E-state index contributed by atoms with van der Waals surface area (Å²) in [5.41, 5.74) is 0.884. The third-order valence-electron chi connectivity index (χ3n) is 2.60. The van der Waals surface area contributed by atoms with Crippen molar-refractivity contribution in [2.45, 2.75) is 6.04 Å². The molecule has 0 saturated carbocycles. The average molecular weight is 182 g/mol. The van der Waals surface area contributed by atoms with Crippen LogP contribution in [0.1, 0.15) is 0 Å². The zero-order chi connectivity index (χ0) is 9.26. The first-order valence-corrected chi connectivity index (χ1v) is 4.54. The van der Waals surface area contributed by atoms with Crippen LogP contribution in [0.5, 0.6) is 0 Å². The Morgan fingerprint density at radius 3 is 3.00 bits per heavy atom. The summed E-state index contributed by atoms with van der Waals surface area (Å²) in [7, 11) is 1.66. The van der Waals surface area contributed by atoms with Crippen molar-refractivity contribution in [2.24, 2.45) is 0 Å². The fourth-order valence-electron chi connectivity index (χ4n) is 1.61. The monoisotopic (exact) mass is 182 g/mol. The van der Waals surface area contributed by atoms with Gasteiger partial charge in [-0.2, -0.15) is 0 Å². The van der Waals surface area contributed by atoms with E-state index in [0.29, 0.717) is 6.04 Å². The molecule has 1 saturated heterocycles. The molecular weight excluding hydrogens is 168 g/mol. The van der Waals surface area contributed by atoms with Gasteiger partial charge in [0.2, 0.25) is 5.91 Å². The quantitative estimate of drug-likeness (QED) is 0.618. The average Bonchev–Trinajstić information content (AvgIpc) is 2.49. The second kappa shape index (κ2) is 3.47. The molecule has 4 nitrogen and oxygen atoms in total. The number of nitrogens with one attached hydrogen (secondary N) is 1. The molecule has 0 spiro atoms. The Balaban J connectivity index is 1.87. The lowest BCUT2D eigenvalue weighted by molar-refractivity contribution is -0.117. The molecule has 2 heterocycles. The molecule has 72 valence electrons. The lowest BCUT2D eigenvalue weighted by Gasteiger charge is -2.34. The highest BCUT2D eigenvalue weighted by Crippen LogP contribution is 2.17. The number of hydrogen-bond acceptors (Lipinski definition) is 3. The number of carbonyl (C=O) groups excluding carboxylic acids is 1. The molecule has 1 N–H and O–H groups in total. The Morgan fingerprint density at radius 1 is 1.69 bits per heavy atom. The van der Waals surface area contributed by atoms with E-state index >= 15 is 0 Å². The molecule has 1 amide bonds. The molecule has 0 aromatic heterocycles. The predicted octanol–water partition coefficient (Wildman–Crippen LogP) is -0.627. The molecule has 2 aliphatic heterocycles. The van der Waals surface area contributed by atoms with E-state index in [4.69, 9.17) is 4.74 Å². The Bertz CT molecular complexity index is 246. The maximum absolute atomic E-state index is 11.3. The van der Waals surface area contributed by atoms with Crippen LogP contribution in [-0.4, -0.2) is 50.2 Å². The summed E-state index contributed by atoms with van der Waals surface area (Å²) in [4.78, 5) is 13.5. The molecule has 4 heteroatoms. The summed E-state index contributed by atoms with van der Waals surface area (Å²) in [5, 5.41) is 2.64. The highest BCUT2D eigenvalue weighted by Gasteiger charge is 2.29. The molecule has 13 heavy (non-hydrogen) atoms. The summed E-state index contributed by atoms with van der Waals surface area (Å²) < 4.78 is 5.10. The smallest absolute Gasteiger partial charge is 0.247 e. The molecule has 0 radical (unpaired) electrons. The number of ether oxygens (including phenoxy) is 1. The topological polar surface area (TPSA) is 41.6 Å². The van der Waals surface area contributed by atoms with E-state index in [0.717, 1.165) is 31.9 Å². The van der Waals surface area contributed by atoms with E-state index in [2.05, 4.69) is 10.2 Å². The molecule has 0 aromatic rings. The van der Waals surface area contributed by atoms with Crippen LogP contribution < -0.4 is 5.32 Å². The Morgan fingerprint density at radius 2 is 2.46 bits per heavy atom. The lowest BCUT2D eigenvalue weighted by Crippen LogP contribution is -2.48. The van der Waals surface area contributed by atoms with Gasteiger partial charge in [-0.25, -0.2) is 0 Å². The van der Waals surface area contributed by atoms with Gasteiger partial charge in [-0.15, -0.1) is 0 Å². The van der Waals surface area contributed by atoms with Gasteiger partial charge in [-0.05, 0) is 0 Å². The maximum atomic E-state index is 11.3. The molecule has 0 atom stereocenters. The second-order valence-electron chi connectivity index (χ2n) is 3.43. The van der Waals surface area contributed by atoms with Crippen molar-refractivity contribution in [1.29, 1.82) is 0 Å².